The molecule has 128 valence electrons. The summed E-state index contributed by atoms with van der Waals surface area (Å²) < 4.78 is 10.9. The molecule has 0 aliphatic carbocycles. The van der Waals surface area contributed by atoms with Crippen LogP contribution >= 0.6 is 11.3 Å². The lowest BCUT2D eigenvalue weighted by Crippen LogP contribution is -2.12. The Bertz CT molecular complexity index is 838. The highest BCUT2D eigenvalue weighted by atomic mass is 32.1. The smallest absolute Gasteiger partial charge is 0.357 e. The molecule has 0 saturated heterocycles. The van der Waals surface area contributed by atoms with E-state index in [0.29, 0.717) is 12.3 Å². The van der Waals surface area contributed by atoms with Crippen molar-refractivity contribution in [2.45, 2.75) is 13.8 Å². The maximum Gasteiger partial charge on any atom is 0.357 e. The Morgan fingerprint density at radius 3 is 2.48 bits per heavy atom. The van der Waals surface area contributed by atoms with Crippen LogP contribution in [0.1, 0.15) is 21.6 Å². The zero-order chi connectivity index (χ0) is 17.6. The molecule has 0 N–H and O–H groups in total. The molecule has 0 atom stereocenters. The molecule has 0 saturated carbocycles. The largest absolute Gasteiger partial charge is 0.490 e. The van der Waals surface area contributed by atoms with Gasteiger partial charge in [-0.05, 0) is 37.1 Å². The highest BCUT2D eigenvalue weighted by molar-refractivity contribution is 7.13. The molecule has 0 unspecified atom stereocenters. The minimum absolute atomic E-state index is 0.185. The second-order valence-electron chi connectivity index (χ2n) is 5.71. The van der Waals surface area contributed by atoms with Gasteiger partial charge in [0.15, 0.2) is 5.69 Å². The number of carbonyl (C=O) groups excluding carboxylic acids is 1. The topological polar surface area (TPSA) is 48.4 Å². The lowest BCUT2D eigenvalue weighted by Gasteiger charge is -2.08. The SMILES string of the molecule is Cc1cc(C)cc(OCCOC(=O)c2csc(-c3ccccc3)n2)c1. The van der Waals surface area contributed by atoms with Crippen LogP contribution in [0, 0.1) is 13.8 Å². The quantitative estimate of drug-likeness (QED) is 0.477. The van der Waals surface area contributed by atoms with Gasteiger partial charge in [-0.1, -0.05) is 36.4 Å². The molecule has 1 heterocycles. The molecule has 4 nitrogen and oxygen atoms in total. The van der Waals surface area contributed by atoms with Gasteiger partial charge in [-0.3, -0.25) is 0 Å². The second-order valence-corrected chi connectivity index (χ2v) is 6.57. The number of rotatable bonds is 6. The molecule has 0 aliphatic rings. The maximum atomic E-state index is 12.1. The third kappa shape index (κ3) is 4.67. The molecule has 25 heavy (non-hydrogen) atoms. The lowest BCUT2D eigenvalue weighted by atomic mass is 10.1. The van der Waals surface area contributed by atoms with E-state index < -0.39 is 5.97 Å². The van der Waals surface area contributed by atoms with Crippen LogP contribution in [-0.4, -0.2) is 24.2 Å². The van der Waals surface area contributed by atoms with Gasteiger partial charge in [-0.25, -0.2) is 9.78 Å². The first-order chi connectivity index (χ1) is 12.1. The number of hydrogen-bond acceptors (Lipinski definition) is 5. The monoisotopic (exact) mass is 353 g/mol. The van der Waals surface area contributed by atoms with Gasteiger partial charge in [0, 0.05) is 10.9 Å². The van der Waals surface area contributed by atoms with E-state index in [4.69, 9.17) is 9.47 Å². The van der Waals surface area contributed by atoms with Crippen molar-refractivity contribution in [2.24, 2.45) is 0 Å². The fourth-order valence-corrected chi connectivity index (χ4v) is 3.26. The molecule has 1 aromatic heterocycles. The average molecular weight is 353 g/mol. The summed E-state index contributed by atoms with van der Waals surface area (Å²) in [5.41, 5.74) is 3.60. The van der Waals surface area contributed by atoms with Gasteiger partial charge in [-0.15, -0.1) is 11.3 Å². The van der Waals surface area contributed by atoms with Crippen LogP contribution in [0.2, 0.25) is 0 Å². The molecule has 3 aromatic rings. The number of aryl methyl sites for hydroxylation is 2. The highest BCUT2D eigenvalue weighted by Crippen LogP contribution is 2.23. The van der Waals surface area contributed by atoms with E-state index in [1.807, 2.05) is 56.3 Å². The number of esters is 1. The first kappa shape index (κ1) is 17.2. The van der Waals surface area contributed by atoms with Crippen LogP contribution in [0.25, 0.3) is 10.6 Å². The van der Waals surface area contributed by atoms with Crippen molar-refractivity contribution < 1.29 is 14.3 Å². The maximum absolute atomic E-state index is 12.1. The summed E-state index contributed by atoms with van der Waals surface area (Å²) in [5, 5.41) is 2.52. The summed E-state index contributed by atoms with van der Waals surface area (Å²) in [4.78, 5) is 16.4. The Balaban J connectivity index is 1.50. The Labute approximate surface area is 151 Å². The number of thiazole rings is 1. The zero-order valence-electron chi connectivity index (χ0n) is 14.2. The van der Waals surface area contributed by atoms with Crippen LogP contribution in [0.15, 0.2) is 53.9 Å². The lowest BCUT2D eigenvalue weighted by molar-refractivity contribution is 0.0444. The van der Waals surface area contributed by atoms with Crippen LogP contribution in [0.5, 0.6) is 5.75 Å². The van der Waals surface area contributed by atoms with Crippen molar-refractivity contribution >= 4 is 17.3 Å². The summed E-state index contributed by atoms with van der Waals surface area (Å²) in [6.45, 7) is 4.53. The first-order valence-electron chi connectivity index (χ1n) is 8.01. The third-order valence-electron chi connectivity index (χ3n) is 3.51. The van der Waals surface area contributed by atoms with Gasteiger partial charge >= 0.3 is 5.97 Å². The van der Waals surface area contributed by atoms with E-state index in [1.165, 1.54) is 11.3 Å². The standard InChI is InChI=1S/C20H19NO3S/c1-14-10-15(2)12-17(11-14)23-8-9-24-20(22)18-13-25-19(21-18)16-6-4-3-5-7-16/h3-7,10-13H,8-9H2,1-2H3. The van der Waals surface area contributed by atoms with Crippen molar-refractivity contribution in [1.82, 2.24) is 4.98 Å². The molecule has 0 aliphatic heterocycles. The summed E-state index contributed by atoms with van der Waals surface area (Å²) in [6, 6.07) is 15.8. The molecule has 0 radical (unpaired) electrons. The number of ether oxygens (including phenoxy) is 2. The van der Waals surface area contributed by atoms with E-state index in [2.05, 4.69) is 11.1 Å². The molecular formula is C20H19NO3S. The van der Waals surface area contributed by atoms with Crippen LogP contribution in [-0.2, 0) is 4.74 Å². The van der Waals surface area contributed by atoms with E-state index in [1.54, 1.807) is 5.38 Å². The molecule has 5 heteroatoms. The van der Waals surface area contributed by atoms with E-state index in [-0.39, 0.29) is 6.61 Å². The molecule has 2 aromatic carbocycles. The molecule has 3 rings (SSSR count). The van der Waals surface area contributed by atoms with Crippen molar-refractivity contribution in [2.75, 3.05) is 13.2 Å². The normalized spacial score (nSPS) is 10.5. The fraction of sp³-hybridized carbons (Fsp3) is 0.200. The number of hydrogen-bond donors (Lipinski definition) is 0. The minimum Gasteiger partial charge on any atom is -0.490 e. The Hall–Kier alpha value is -2.66. The van der Waals surface area contributed by atoms with Gasteiger partial charge in [0.2, 0.25) is 0 Å². The van der Waals surface area contributed by atoms with Crippen LogP contribution in [0.3, 0.4) is 0 Å². The van der Waals surface area contributed by atoms with Crippen LogP contribution in [0.4, 0.5) is 0 Å². The fourth-order valence-electron chi connectivity index (χ4n) is 2.46. The summed E-state index contributed by atoms with van der Waals surface area (Å²) in [6.07, 6.45) is 0. The number of carbonyl (C=O) groups is 1. The first-order valence-corrected chi connectivity index (χ1v) is 8.89. The number of benzene rings is 2. The zero-order valence-corrected chi connectivity index (χ0v) is 15.0. The van der Waals surface area contributed by atoms with Crippen molar-refractivity contribution in [3.63, 3.8) is 0 Å². The molecule has 0 amide bonds. The van der Waals surface area contributed by atoms with Gasteiger partial charge < -0.3 is 9.47 Å². The van der Waals surface area contributed by atoms with E-state index >= 15 is 0 Å². The average Bonchev–Trinajstić information content (AvgIpc) is 3.09. The minimum atomic E-state index is -0.428. The number of aromatic nitrogens is 1. The Morgan fingerprint density at radius 1 is 1.04 bits per heavy atom. The van der Waals surface area contributed by atoms with E-state index in [0.717, 1.165) is 27.4 Å². The third-order valence-corrected chi connectivity index (χ3v) is 4.41. The van der Waals surface area contributed by atoms with Crippen LogP contribution < -0.4 is 4.74 Å². The van der Waals surface area contributed by atoms with E-state index in [9.17, 15) is 4.79 Å². The van der Waals surface area contributed by atoms with Crippen molar-refractivity contribution in [3.8, 4) is 16.3 Å². The Kier molecular flexibility index (Phi) is 5.46. The summed E-state index contributed by atoms with van der Waals surface area (Å²) in [7, 11) is 0. The predicted octanol–water partition coefficient (Wildman–Crippen LogP) is 4.66. The number of nitrogens with zero attached hydrogens (tertiary/aromatic N) is 1. The van der Waals surface area contributed by atoms with Gasteiger partial charge in [0.05, 0.1) is 0 Å². The Morgan fingerprint density at radius 2 is 1.76 bits per heavy atom. The van der Waals surface area contributed by atoms with Gasteiger partial charge in [-0.2, -0.15) is 0 Å². The second kappa shape index (κ2) is 7.94. The highest BCUT2D eigenvalue weighted by Gasteiger charge is 2.13. The van der Waals surface area contributed by atoms with Crippen molar-refractivity contribution in [1.29, 1.82) is 0 Å². The molecule has 0 fully saturated rings. The molecule has 0 bridgehead atoms. The molecule has 0 spiro atoms. The van der Waals surface area contributed by atoms with Crippen molar-refractivity contribution in [3.05, 3.63) is 70.7 Å². The summed E-state index contributed by atoms with van der Waals surface area (Å²) in [5.74, 6) is 0.357. The summed E-state index contributed by atoms with van der Waals surface area (Å²) >= 11 is 1.43. The van der Waals surface area contributed by atoms with Gasteiger partial charge in [0.25, 0.3) is 0 Å². The van der Waals surface area contributed by atoms with Gasteiger partial charge in [0.1, 0.15) is 24.0 Å². The molecular weight excluding hydrogens is 334 g/mol. The predicted molar refractivity (Wildman–Crippen MR) is 99.2 cm³/mol.